The highest BCUT2D eigenvalue weighted by atomic mass is 15.1. The fourth-order valence-electron chi connectivity index (χ4n) is 9.49. The van der Waals surface area contributed by atoms with Crippen LogP contribution >= 0.6 is 0 Å². The average Bonchev–Trinajstić information content (AvgIpc) is 3.49. The third-order valence-electron chi connectivity index (χ3n) is 13.4. The molecule has 11 aromatic carbocycles. The van der Waals surface area contributed by atoms with Gasteiger partial charge in [0.1, 0.15) is 0 Å². The van der Waals surface area contributed by atoms with Crippen molar-refractivity contribution in [3.63, 3.8) is 0 Å². The van der Waals surface area contributed by atoms with E-state index < -0.39 is 0 Å². The Bertz CT molecular complexity index is 3430. The molecule has 5 heteroatoms. The van der Waals surface area contributed by atoms with Crippen molar-refractivity contribution >= 4 is 34.1 Å². The van der Waals surface area contributed by atoms with E-state index in [-0.39, 0.29) is 0 Å². The van der Waals surface area contributed by atoms with Crippen molar-refractivity contribution in [1.29, 1.82) is 0 Å². The Balaban J connectivity index is 0.758. The number of hydrogen-bond donors (Lipinski definition) is 0. The van der Waals surface area contributed by atoms with Crippen LogP contribution in [0.3, 0.4) is 0 Å². The summed E-state index contributed by atoms with van der Waals surface area (Å²) >= 11 is 0. The molecule has 1 aromatic heterocycles. The van der Waals surface area contributed by atoms with E-state index >= 15 is 0 Å². The average molecular weight is 948 g/mol. The summed E-state index contributed by atoms with van der Waals surface area (Å²) in [5.41, 5.74) is 18.6. The van der Waals surface area contributed by atoms with Crippen molar-refractivity contribution < 1.29 is 0 Å². The maximum absolute atomic E-state index is 5.07. The van der Waals surface area contributed by atoms with Gasteiger partial charge in [-0.1, -0.05) is 224 Å². The standard InChI is InChI=1S/C69H49N5/c1-6-16-58(17-7-1)67-70-68(59-38-34-54(35-39-59)50-26-30-52(31-27-50)56-42-46-65(47-43-56)73(61-18-8-2-9-19-61)62-20-10-3-11-21-62)72-69(71-67)60-40-36-55(37-41-60)51-28-32-53(33-29-51)57-44-48-66(49-45-57)74(63-22-12-4-13-23-63)64-24-14-5-15-25-64/h1-49H. The lowest BCUT2D eigenvalue weighted by Crippen LogP contribution is -2.09. The molecule has 0 spiro atoms. The molecule has 0 saturated heterocycles. The highest BCUT2D eigenvalue weighted by Gasteiger charge is 2.16. The highest BCUT2D eigenvalue weighted by Crippen LogP contribution is 2.38. The summed E-state index contributed by atoms with van der Waals surface area (Å²) in [7, 11) is 0. The molecule has 0 aliphatic rings. The zero-order valence-electron chi connectivity index (χ0n) is 40.5. The number of aromatic nitrogens is 3. The molecular weight excluding hydrogens is 899 g/mol. The Kier molecular flexibility index (Phi) is 12.7. The summed E-state index contributed by atoms with van der Waals surface area (Å²) in [5.74, 6) is 1.88. The minimum atomic E-state index is 0.623. The lowest BCUT2D eigenvalue weighted by atomic mass is 9.99. The van der Waals surface area contributed by atoms with Crippen molar-refractivity contribution in [3.05, 3.63) is 297 Å². The first-order valence-electron chi connectivity index (χ1n) is 24.9. The molecule has 0 aliphatic carbocycles. The molecular formula is C69H49N5. The van der Waals surface area contributed by atoms with Gasteiger partial charge in [0.15, 0.2) is 17.5 Å². The minimum Gasteiger partial charge on any atom is -0.311 e. The van der Waals surface area contributed by atoms with Crippen molar-refractivity contribution in [2.24, 2.45) is 0 Å². The first-order chi connectivity index (χ1) is 36.7. The molecule has 0 saturated carbocycles. The molecule has 0 atom stereocenters. The lowest BCUT2D eigenvalue weighted by Gasteiger charge is -2.25. The van der Waals surface area contributed by atoms with Gasteiger partial charge in [0.25, 0.3) is 0 Å². The summed E-state index contributed by atoms with van der Waals surface area (Å²) in [4.78, 5) is 19.6. The first kappa shape index (κ1) is 45.2. The van der Waals surface area contributed by atoms with E-state index in [1.54, 1.807) is 0 Å². The predicted molar refractivity (Wildman–Crippen MR) is 307 cm³/mol. The predicted octanol–water partition coefficient (Wildman–Crippen LogP) is 18.5. The zero-order chi connectivity index (χ0) is 49.5. The van der Waals surface area contributed by atoms with Gasteiger partial charge < -0.3 is 9.80 Å². The van der Waals surface area contributed by atoms with Crippen LogP contribution in [-0.2, 0) is 0 Å². The molecule has 0 radical (unpaired) electrons. The lowest BCUT2D eigenvalue weighted by molar-refractivity contribution is 1.07. The number of benzene rings is 11. The van der Waals surface area contributed by atoms with E-state index in [0.717, 1.165) is 95.3 Å². The fraction of sp³-hybridized carbons (Fsp3) is 0. The fourth-order valence-corrected chi connectivity index (χ4v) is 9.49. The molecule has 74 heavy (non-hydrogen) atoms. The third kappa shape index (κ3) is 9.74. The van der Waals surface area contributed by atoms with Gasteiger partial charge >= 0.3 is 0 Å². The van der Waals surface area contributed by atoms with Gasteiger partial charge in [0.2, 0.25) is 0 Å². The van der Waals surface area contributed by atoms with Crippen molar-refractivity contribution in [2.45, 2.75) is 0 Å². The molecule has 5 nitrogen and oxygen atoms in total. The second-order valence-electron chi connectivity index (χ2n) is 18.1. The molecule has 0 aliphatic heterocycles. The van der Waals surface area contributed by atoms with Crippen molar-refractivity contribution in [1.82, 2.24) is 15.0 Å². The maximum Gasteiger partial charge on any atom is 0.164 e. The summed E-state index contributed by atoms with van der Waals surface area (Å²) < 4.78 is 0. The van der Waals surface area contributed by atoms with Gasteiger partial charge in [-0.25, -0.2) is 15.0 Å². The molecule has 0 bridgehead atoms. The summed E-state index contributed by atoms with van der Waals surface area (Å²) in [5, 5.41) is 0. The summed E-state index contributed by atoms with van der Waals surface area (Å²) in [6.07, 6.45) is 0. The minimum absolute atomic E-state index is 0.623. The Morgan fingerprint density at radius 1 is 0.149 bits per heavy atom. The molecule has 12 aromatic rings. The van der Waals surface area contributed by atoms with Crippen LogP contribution in [0, 0.1) is 0 Å². The van der Waals surface area contributed by atoms with Crippen LogP contribution in [0.15, 0.2) is 297 Å². The largest absolute Gasteiger partial charge is 0.311 e. The molecule has 12 rings (SSSR count). The number of rotatable bonds is 13. The van der Waals surface area contributed by atoms with Crippen LogP contribution in [0.2, 0.25) is 0 Å². The van der Waals surface area contributed by atoms with E-state index in [0.29, 0.717) is 17.5 Å². The monoisotopic (exact) mass is 947 g/mol. The van der Waals surface area contributed by atoms with E-state index in [1.165, 1.54) is 0 Å². The second kappa shape index (κ2) is 20.8. The topological polar surface area (TPSA) is 45.2 Å². The Morgan fingerprint density at radius 3 is 0.541 bits per heavy atom. The van der Waals surface area contributed by atoms with Crippen LogP contribution in [0.5, 0.6) is 0 Å². The Hall–Kier alpha value is -9.97. The summed E-state index contributed by atoms with van der Waals surface area (Å²) in [6, 6.07) is 104. The quantitative estimate of drug-likeness (QED) is 0.115. The zero-order valence-corrected chi connectivity index (χ0v) is 40.5. The van der Waals surface area contributed by atoms with Crippen LogP contribution in [0.4, 0.5) is 34.1 Å². The normalized spacial score (nSPS) is 11.0. The Labute approximate surface area is 432 Å². The SMILES string of the molecule is c1ccc(-c2nc(-c3ccc(-c4ccc(-c5ccc(N(c6ccccc6)c6ccccc6)cc5)cc4)cc3)nc(-c3ccc(-c4ccc(-c5ccc(N(c6ccccc6)c6ccccc6)cc5)cc4)cc3)n2)cc1. The Morgan fingerprint density at radius 2 is 0.311 bits per heavy atom. The van der Waals surface area contributed by atoms with E-state index in [1.807, 2.05) is 30.3 Å². The first-order valence-corrected chi connectivity index (χ1v) is 24.9. The smallest absolute Gasteiger partial charge is 0.164 e. The van der Waals surface area contributed by atoms with E-state index in [9.17, 15) is 0 Å². The van der Waals surface area contributed by atoms with Crippen LogP contribution in [-0.4, -0.2) is 15.0 Å². The molecule has 1 heterocycles. The second-order valence-corrected chi connectivity index (χ2v) is 18.1. The molecule has 0 unspecified atom stereocenters. The number of anilines is 6. The number of nitrogens with zero attached hydrogens (tertiary/aromatic N) is 5. The van der Waals surface area contributed by atoms with Gasteiger partial charge in [-0.05, 0) is 117 Å². The molecule has 0 fully saturated rings. The molecule has 0 amide bonds. The van der Waals surface area contributed by atoms with Gasteiger partial charge in [0, 0.05) is 50.8 Å². The van der Waals surface area contributed by atoms with Crippen LogP contribution in [0.1, 0.15) is 0 Å². The third-order valence-corrected chi connectivity index (χ3v) is 13.4. The maximum atomic E-state index is 5.07. The number of para-hydroxylation sites is 4. The van der Waals surface area contributed by atoms with Crippen molar-refractivity contribution in [2.75, 3.05) is 9.80 Å². The van der Waals surface area contributed by atoms with Crippen molar-refractivity contribution in [3.8, 4) is 78.7 Å². The summed E-state index contributed by atoms with van der Waals surface area (Å²) in [6.45, 7) is 0. The highest BCUT2D eigenvalue weighted by molar-refractivity contribution is 5.81. The van der Waals surface area contributed by atoms with Crippen LogP contribution in [0.25, 0.3) is 78.7 Å². The number of hydrogen-bond acceptors (Lipinski definition) is 5. The van der Waals surface area contributed by atoms with Gasteiger partial charge in [0.05, 0.1) is 0 Å². The van der Waals surface area contributed by atoms with E-state index in [4.69, 9.17) is 15.0 Å². The van der Waals surface area contributed by atoms with Crippen LogP contribution < -0.4 is 9.80 Å². The molecule has 0 N–H and O–H groups in total. The van der Waals surface area contributed by atoms with Gasteiger partial charge in [-0.3, -0.25) is 0 Å². The van der Waals surface area contributed by atoms with Gasteiger partial charge in [-0.15, -0.1) is 0 Å². The van der Waals surface area contributed by atoms with E-state index in [2.05, 4.69) is 277 Å². The molecule has 350 valence electrons. The van der Waals surface area contributed by atoms with Gasteiger partial charge in [-0.2, -0.15) is 0 Å².